The van der Waals surface area contributed by atoms with E-state index in [0.717, 1.165) is 39.5 Å². The fourth-order valence-corrected chi connectivity index (χ4v) is 2.71. The van der Waals surface area contributed by atoms with Crippen molar-refractivity contribution >= 4 is 5.65 Å². The van der Waals surface area contributed by atoms with Crippen LogP contribution in [0.15, 0.2) is 36.7 Å². The summed E-state index contributed by atoms with van der Waals surface area (Å²) in [6.07, 6.45) is 4.00. The van der Waals surface area contributed by atoms with Gasteiger partial charge in [0.2, 0.25) is 0 Å². The van der Waals surface area contributed by atoms with Crippen molar-refractivity contribution in [3.63, 3.8) is 0 Å². The van der Waals surface area contributed by atoms with Gasteiger partial charge < -0.3 is 13.9 Å². The van der Waals surface area contributed by atoms with E-state index in [1.54, 1.807) is 14.2 Å². The molecule has 108 valence electrons. The number of aromatic nitrogens is 2. The lowest BCUT2D eigenvalue weighted by molar-refractivity contribution is 0.414. The first kappa shape index (κ1) is 13.5. The van der Waals surface area contributed by atoms with Gasteiger partial charge >= 0.3 is 0 Å². The second-order valence-corrected chi connectivity index (χ2v) is 5.07. The first-order valence-corrected chi connectivity index (χ1v) is 6.81. The van der Waals surface area contributed by atoms with E-state index >= 15 is 0 Å². The van der Waals surface area contributed by atoms with Crippen LogP contribution in [0, 0.1) is 13.8 Å². The van der Waals surface area contributed by atoms with E-state index in [-0.39, 0.29) is 0 Å². The fourth-order valence-electron chi connectivity index (χ4n) is 2.71. The fraction of sp³-hybridized carbons (Fsp3) is 0.235. The molecule has 0 saturated carbocycles. The van der Waals surface area contributed by atoms with Crippen LogP contribution < -0.4 is 9.47 Å². The second-order valence-electron chi connectivity index (χ2n) is 5.07. The van der Waals surface area contributed by atoms with E-state index in [9.17, 15) is 0 Å². The molecule has 0 unspecified atom stereocenters. The van der Waals surface area contributed by atoms with Gasteiger partial charge in [-0.1, -0.05) is 0 Å². The number of hydrogen-bond donors (Lipinski definition) is 0. The highest BCUT2D eigenvalue weighted by atomic mass is 16.5. The van der Waals surface area contributed by atoms with Crippen LogP contribution in [0.2, 0.25) is 0 Å². The van der Waals surface area contributed by atoms with Gasteiger partial charge in [-0.15, -0.1) is 0 Å². The van der Waals surface area contributed by atoms with Crippen LogP contribution in [0.1, 0.15) is 11.1 Å². The quantitative estimate of drug-likeness (QED) is 0.736. The number of ether oxygens (including phenoxy) is 2. The van der Waals surface area contributed by atoms with Crippen LogP contribution in [0.5, 0.6) is 11.5 Å². The molecule has 0 aliphatic carbocycles. The SMILES string of the molecule is COc1cc(C)c(-c2cn3cccc(OC)c3n2)c(C)c1. The van der Waals surface area contributed by atoms with Crippen LogP contribution in [0.25, 0.3) is 16.9 Å². The molecule has 4 heteroatoms. The van der Waals surface area contributed by atoms with Gasteiger partial charge in [0.15, 0.2) is 11.4 Å². The minimum absolute atomic E-state index is 0.771. The predicted molar refractivity (Wildman–Crippen MR) is 83.2 cm³/mol. The zero-order valence-electron chi connectivity index (χ0n) is 12.7. The monoisotopic (exact) mass is 282 g/mol. The molecular weight excluding hydrogens is 264 g/mol. The second kappa shape index (κ2) is 5.13. The minimum Gasteiger partial charge on any atom is -0.497 e. The number of methoxy groups -OCH3 is 2. The van der Waals surface area contributed by atoms with Gasteiger partial charge in [0.1, 0.15) is 5.75 Å². The Morgan fingerprint density at radius 2 is 1.76 bits per heavy atom. The summed E-state index contributed by atoms with van der Waals surface area (Å²) in [6.45, 7) is 4.15. The van der Waals surface area contributed by atoms with Crippen molar-refractivity contribution in [3.05, 3.63) is 47.8 Å². The lowest BCUT2D eigenvalue weighted by Crippen LogP contribution is -1.91. The molecule has 0 aliphatic heterocycles. The summed E-state index contributed by atoms with van der Waals surface area (Å²) in [6, 6.07) is 7.93. The third-order valence-corrected chi connectivity index (χ3v) is 3.66. The molecule has 0 saturated heterocycles. The number of rotatable bonds is 3. The standard InChI is InChI=1S/C17H18N2O2/c1-11-8-13(20-3)9-12(2)16(11)14-10-19-7-5-6-15(21-4)17(19)18-14/h5-10H,1-4H3. The Kier molecular flexibility index (Phi) is 3.29. The molecule has 0 radical (unpaired) electrons. The highest BCUT2D eigenvalue weighted by Crippen LogP contribution is 2.31. The molecule has 2 aromatic heterocycles. The number of benzene rings is 1. The molecule has 1 aromatic carbocycles. The molecule has 3 rings (SSSR count). The van der Waals surface area contributed by atoms with E-state index < -0.39 is 0 Å². The highest BCUT2D eigenvalue weighted by molar-refractivity contribution is 5.72. The molecule has 0 fully saturated rings. The molecular formula is C17H18N2O2. The number of aryl methyl sites for hydroxylation is 2. The van der Waals surface area contributed by atoms with Gasteiger partial charge in [-0.25, -0.2) is 4.98 Å². The number of nitrogens with zero attached hydrogens (tertiary/aromatic N) is 2. The number of hydrogen-bond acceptors (Lipinski definition) is 3. The predicted octanol–water partition coefficient (Wildman–Crippen LogP) is 3.64. The molecule has 21 heavy (non-hydrogen) atoms. The summed E-state index contributed by atoms with van der Waals surface area (Å²) >= 11 is 0. The number of pyridine rings is 1. The average molecular weight is 282 g/mol. The van der Waals surface area contributed by atoms with Crippen LogP contribution in [-0.2, 0) is 0 Å². The van der Waals surface area contributed by atoms with Crippen molar-refractivity contribution < 1.29 is 9.47 Å². The smallest absolute Gasteiger partial charge is 0.180 e. The zero-order chi connectivity index (χ0) is 15.0. The molecule has 2 heterocycles. The molecule has 0 bridgehead atoms. The third-order valence-electron chi connectivity index (χ3n) is 3.66. The van der Waals surface area contributed by atoms with Gasteiger partial charge in [-0.05, 0) is 49.2 Å². The summed E-state index contributed by atoms with van der Waals surface area (Å²) in [5, 5.41) is 0. The average Bonchev–Trinajstić information content (AvgIpc) is 2.89. The Morgan fingerprint density at radius 3 is 2.38 bits per heavy atom. The van der Waals surface area contributed by atoms with Gasteiger partial charge in [0.05, 0.1) is 19.9 Å². The summed E-state index contributed by atoms with van der Waals surface area (Å²) in [4.78, 5) is 4.73. The van der Waals surface area contributed by atoms with E-state index in [1.807, 2.05) is 41.1 Å². The maximum Gasteiger partial charge on any atom is 0.180 e. The van der Waals surface area contributed by atoms with E-state index in [0.29, 0.717) is 0 Å². The highest BCUT2D eigenvalue weighted by Gasteiger charge is 2.13. The topological polar surface area (TPSA) is 35.8 Å². The van der Waals surface area contributed by atoms with Crippen LogP contribution in [-0.4, -0.2) is 23.6 Å². The maximum absolute atomic E-state index is 5.37. The first-order valence-electron chi connectivity index (χ1n) is 6.81. The Balaban J connectivity index is 2.21. The van der Waals surface area contributed by atoms with E-state index in [1.165, 1.54) is 0 Å². The van der Waals surface area contributed by atoms with Crippen LogP contribution in [0.4, 0.5) is 0 Å². The molecule has 0 spiro atoms. The molecule has 0 aliphatic rings. The van der Waals surface area contributed by atoms with Gasteiger partial charge in [0.25, 0.3) is 0 Å². The minimum atomic E-state index is 0.771. The molecule has 0 atom stereocenters. The lowest BCUT2D eigenvalue weighted by Gasteiger charge is -2.09. The summed E-state index contributed by atoms with van der Waals surface area (Å²) in [5.41, 5.74) is 5.20. The van der Waals surface area contributed by atoms with Crippen LogP contribution >= 0.6 is 0 Å². The molecule has 0 N–H and O–H groups in total. The number of fused-ring (bicyclic) bond motifs is 1. The molecule has 3 aromatic rings. The lowest BCUT2D eigenvalue weighted by atomic mass is 10.00. The van der Waals surface area contributed by atoms with Crippen molar-refractivity contribution in [2.45, 2.75) is 13.8 Å². The van der Waals surface area contributed by atoms with Crippen molar-refractivity contribution in [2.75, 3.05) is 14.2 Å². The normalized spacial score (nSPS) is 10.9. The summed E-state index contributed by atoms with van der Waals surface area (Å²) < 4.78 is 12.7. The van der Waals surface area contributed by atoms with Crippen molar-refractivity contribution in [1.82, 2.24) is 9.38 Å². The van der Waals surface area contributed by atoms with Crippen molar-refractivity contribution in [1.29, 1.82) is 0 Å². The largest absolute Gasteiger partial charge is 0.497 e. The van der Waals surface area contributed by atoms with Gasteiger partial charge in [-0.3, -0.25) is 0 Å². The van der Waals surface area contributed by atoms with Gasteiger partial charge in [-0.2, -0.15) is 0 Å². The van der Waals surface area contributed by atoms with Crippen LogP contribution in [0.3, 0.4) is 0 Å². The summed E-state index contributed by atoms with van der Waals surface area (Å²) in [7, 11) is 3.34. The van der Waals surface area contributed by atoms with E-state index in [4.69, 9.17) is 14.5 Å². The summed E-state index contributed by atoms with van der Waals surface area (Å²) in [5.74, 6) is 1.64. The first-order chi connectivity index (χ1) is 10.1. The Labute approximate surface area is 124 Å². The molecule has 0 amide bonds. The third kappa shape index (κ3) is 2.23. The van der Waals surface area contributed by atoms with E-state index in [2.05, 4.69) is 13.8 Å². The zero-order valence-corrected chi connectivity index (χ0v) is 12.7. The molecule has 4 nitrogen and oxygen atoms in total. The van der Waals surface area contributed by atoms with Crippen molar-refractivity contribution in [2.24, 2.45) is 0 Å². The Hall–Kier alpha value is -2.49. The Morgan fingerprint density at radius 1 is 1.05 bits per heavy atom. The number of imidazole rings is 1. The van der Waals surface area contributed by atoms with Crippen molar-refractivity contribution in [3.8, 4) is 22.8 Å². The van der Waals surface area contributed by atoms with Gasteiger partial charge in [0, 0.05) is 18.0 Å². The maximum atomic E-state index is 5.37. The Bertz CT molecular complexity index is 783.